The van der Waals surface area contributed by atoms with Crippen molar-refractivity contribution in [2.24, 2.45) is 17.3 Å². The summed E-state index contributed by atoms with van der Waals surface area (Å²) in [6, 6.07) is -0.325. The molecular formula is C11H17NO3. The Hall–Kier alpha value is -0.900. The molecule has 2 fully saturated rings. The van der Waals surface area contributed by atoms with E-state index in [1.165, 1.54) is 4.90 Å². The van der Waals surface area contributed by atoms with E-state index in [9.17, 15) is 9.59 Å². The van der Waals surface area contributed by atoms with E-state index in [1.807, 2.05) is 20.8 Å². The lowest BCUT2D eigenvalue weighted by Crippen LogP contribution is -2.45. The molecule has 2 unspecified atom stereocenters. The molecule has 0 aromatic heterocycles. The molecule has 1 saturated heterocycles. The van der Waals surface area contributed by atoms with Gasteiger partial charge in [-0.3, -0.25) is 14.5 Å². The predicted octanol–water partition coefficient (Wildman–Crippen LogP) is 0.398. The summed E-state index contributed by atoms with van der Waals surface area (Å²) in [6.07, 6.45) is 0.619. The van der Waals surface area contributed by atoms with Gasteiger partial charge in [-0.2, -0.15) is 0 Å². The van der Waals surface area contributed by atoms with Crippen molar-refractivity contribution < 1.29 is 14.7 Å². The first-order chi connectivity index (χ1) is 6.96. The Balaban J connectivity index is 2.20. The highest BCUT2D eigenvalue weighted by molar-refractivity contribution is 6.10. The number of fused-ring (bicyclic) bond motifs is 1. The van der Waals surface area contributed by atoms with Crippen LogP contribution in [0, 0.1) is 17.3 Å². The molecule has 0 aromatic carbocycles. The molecule has 0 aromatic rings. The van der Waals surface area contributed by atoms with Crippen LogP contribution in [0.2, 0.25) is 0 Å². The lowest BCUT2D eigenvalue weighted by Gasteiger charge is -2.27. The number of likely N-dealkylation sites (tertiary alicyclic amines) is 1. The molecule has 1 aliphatic carbocycles. The molecule has 4 nitrogen and oxygen atoms in total. The lowest BCUT2D eigenvalue weighted by atomic mass is 10.0. The Morgan fingerprint density at radius 1 is 1.33 bits per heavy atom. The Labute approximate surface area is 89.3 Å². The summed E-state index contributed by atoms with van der Waals surface area (Å²) in [5.74, 6) is -0.442. The van der Waals surface area contributed by atoms with E-state index in [2.05, 4.69) is 0 Å². The van der Waals surface area contributed by atoms with E-state index in [1.54, 1.807) is 0 Å². The first-order valence-electron chi connectivity index (χ1n) is 5.44. The van der Waals surface area contributed by atoms with Crippen LogP contribution >= 0.6 is 0 Å². The highest BCUT2D eigenvalue weighted by Gasteiger charge is 2.72. The zero-order valence-corrected chi connectivity index (χ0v) is 9.36. The summed E-state index contributed by atoms with van der Waals surface area (Å²) in [7, 11) is 0. The van der Waals surface area contributed by atoms with E-state index in [0.29, 0.717) is 6.42 Å². The minimum absolute atomic E-state index is 0.0871. The quantitative estimate of drug-likeness (QED) is 0.687. The van der Waals surface area contributed by atoms with Gasteiger partial charge in [-0.1, -0.05) is 20.8 Å². The molecule has 4 heteroatoms. The van der Waals surface area contributed by atoms with E-state index in [0.717, 1.165) is 0 Å². The molecule has 2 rings (SSSR count). The van der Waals surface area contributed by atoms with Crippen LogP contribution in [0.25, 0.3) is 0 Å². The van der Waals surface area contributed by atoms with E-state index < -0.39 is 0 Å². The monoisotopic (exact) mass is 211 g/mol. The van der Waals surface area contributed by atoms with Gasteiger partial charge in [0.15, 0.2) is 0 Å². The number of carbonyl (C=O) groups excluding carboxylic acids is 2. The van der Waals surface area contributed by atoms with Gasteiger partial charge in [0.2, 0.25) is 11.8 Å². The summed E-state index contributed by atoms with van der Waals surface area (Å²) in [4.78, 5) is 25.1. The van der Waals surface area contributed by atoms with Crippen molar-refractivity contribution in [2.45, 2.75) is 33.2 Å². The van der Waals surface area contributed by atoms with Crippen molar-refractivity contribution in [1.82, 2.24) is 4.90 Å². The molecule has 2 amide bonds. The maximum atomic E-state index is 11.9. The first-order valence-corrected chi connectivity index (χ1v) is 5.44. The lowest BCUT2D eigenvalue weighted by molar-refractivity contribution is -0.147. The van der Waals surface area contributed by atoms with Gasteiger partial charge in [0, 0.05) is 0 Å². The molecule has 84 valence electrons. The van der Waals surface area contributed by atoms with Gasteiger partial charge in [0.05, 0.1) is 24.5 Å². The Bertz CT molecular complexity index is 296. The normalized spacial score (nSPS) is 34.3. The van der Waals surface area contributed by atoms with Crippen LogP contribution in [0.4, 0.5) is 0 Å². The fraction of sp³-hybridized carbons (Fsp3) is 0.818. The van der Waals surface area contributed by atoms with Crippen LogP contribution in [-0.4, -0.2) is 34.5 Å². The van der Waals surface area contributed by atoms with Crippen LogP contribution in [0.15, 0.2) is 0 Å². The SMILES string of the molecule is CC[C@H](CO)N1C(=O)C2C(C1=O)C2(C)C. The summed E-state index contributed by atoms with van der Waals surface area (Å²) in [6.45, 7) is 5.65. The van der Waals surface area contributed by atoms with Crippen molar-refractivity contribution in [1.29, 1.82) is 0 Å². The second kappa shape index (κ2) is 3.04. The summed E-state index contributed by atoms with van der Waals surface area (Å²) in [5, 5.41) is 9.11. The van der Waals surface area contributed by atoms with Gasteiger partial charge in [0.25, 0.3) is 0 Å². The first kappa shape index (κ1) is 10.6. The molecular weight excluding hydrogens is 194 g/mol. The average molecular weight is 211 g/mol. The second-order valence-electron chi connectivity index (χ2n) is 5.07. The predicted molar refractivity (Wildman–Crippen MR) is 53.8 cm³/mol. The third-order valence-corrected chi connectivity index (χ3v) is 3.88. The van der Waals surface area contributed by atoms with E-state index in [-0.39, 0.29) is 41.7 Å². The van der Waals surface area contributed by atoms with Crippen LogP contribution < -0.4 is 0 Å². The van der Waals surface area contributed by atoms with Crippen LogP contribution in [0.3, 0.4) is 0 Å². The summed E-state index contributed by atoms with van der Waals surface area (Å²) >= 11 is 0. The molecule has 0 spiro atoms. The van der Waals surface area contributed by atoms with Crippen molar-refractivity contribution in [3.05, 3.63) is 0 Å². The van der Waals surface area contributed by atoms with Crippen LogP contribution in [-0.2, 0) is 9.59 Å². The molecule has 1 saturated carbocycles. The zero-order valence-electron chi connectivity index (χ0n) is 9.36. The summed E-state index contributed by atoms with van der Waals surface area (Å²) in [5.41, 5.74) is -0.154. The van der Waals surface area contributed by atoms with Gasteiger partial charge in [0.1, 0.15) is 0 Å². The molecule has 1 aliphatic heterocycles. The Morgan fingerprint density at radius 3 is 2.13 bits per heavy atom. The third kappa shape index (κ3) is 1.17. The molecule has 1 heterocycles. The van der Waals surface area contributed by atoms with E-state index in [4.69, 9.17) is 5.11 Å². The number of piperidine rings is 1. The Kier molecular flexibility index (Phi) is 2.15. The van der Waals surface area contributed by atoms with Gasteiger partial charge in [-0.05, 0) is 11.8 Å². The Morgan fingerprint density at radius 2 is 1.80 bits per heavy atom. The number of nitrogens with zero attached hydrogens (tertiary/aromatic N) is 1. The molecule has 1 N–H and O–H groups in total. The van der Waals surface area contributed by atoms with Crippen molar-refractivity contribution in [3.8, 4) is 0 Å². The number of hydrogen-bond donors (Lipinski definition) is 1. The van der Waals surface area contributed by atoms with Crippen molar-refractivity contribution >= 4 is 11.8 Å². The zero-order chi connectivity index (χ0) is 11.4. The van der Waals surface area contributed by atoms with Gasteiger partial charge in [-0.15, -0.1) is 0 Å². The van der Waals surface area contributed by atoms with Crippen molar-refractivity contribution in [3.63, 3.8) is 0 Å². The maximum absolute atomic E-state index is 11.9. The standard InChI is InChI=1S/C11H17NO3/c1-4-6(5-13)12-9(14)7-8(10(12)15)11(7,2)3/h6-8,13H,4-5H2,1-3H3/t6-,7?,8?/m1/s1. The number of hydrogen-bond acceptors (Lipinski definition) is 3. The van der Waals surface area contributed by atoms with Crippen LogP contribution in [0.1, 0.15) is 27.2 Å². The number of aliphatic hydroxyl groups is 1. The number of amides is 2. The highest BCUT2D eigenvalue weighted by atomic mass is 16.3. The second-order valence-corrected chi connectivity index (χ2v) is 5.07. The number of aliphatic hydroxyl groups excluding tert-OH is 1. The molecule has 0 radical (unpaired) electrons. The summed E-state index contributed by atoms with van der Waals surface area (Å²) < 4.78 is 0. The minimum Gasteiger partial charge on any atom is -0.394 e. The minimum atomic E-state index is -0.325. The number of rotatable bonds is 3. The van der Waals surface area contributed by atoms with Gasteiger partial charge in [-0.25, -0.2) is 0 Å². The number of carbonyl (C=O) groups is 2. The van der Waals surface area contributed by atoms with Crippen molar-refractivity contribution in [2.75, 3.05) is 6.61 Å². The van der Waals surface area contributed by atoms with Gasteiger partial charge < -0.3 is 5.11 Å². The molecule has 15 heavy (non-hydrogen) atoms. The topological polar surface area (TPSA) is 57.6 Å². The largest absolute Gasteiger partial charge is 0.394 e. The number of imide groups is 1. The third-order valence-electron chi connectivity index (χ3n) is 3.88. The molecule has 2 aliphatic rings. The fourth-order valence-corrected chi connectivity index (χ4v) is 2.72. The maximum Gasteiger partial charge on any atom is 0.234 e. The molecule has 3 atom stereocenters. The fourth-order valence-electron chi connectivity index (χ4n) is 2.72. The van der Waals surface area contributed by atoms with E-state index >= 15 is 0 Å². The molecule has 0 bridgehead atoms. The van der Waals surface area contributed by atoms with Gasteiger partial charge >= 0.3 is 0 Å². The smallest absolute Gasteiger partial charge is 0.234 e. The average Bonchev–Trinajstić information content (AvgIpc) is 2.64. The highest BCUT2D eigenvalue weighted by Crippen LogP contribution is 2.63. The van der Waals surface area contributed by atoms with Crippen LogP contribution in [0.5, 0.6) is 0 Å².